The summed E-state index contributed by atoms with van der Waals surface area (Å²) in [6.45, 7) is 6.25. The van der Waals surface area contributed by atoms with Crippen LogP contribution in [0.1, 0.15) is 26.3 Å². The zero-order valence-electron chi connectivity index (χ0n) is 16.4. The summed E-state index contributed by atoms with van der Waals surface area (Å²) in [6.07, 6.45) is 0. The first-order valence-corrected chi connectivity index (χ1v) is 9.50. The number of rotatable bonds is 5. The van der Waals surface area contributed by atoms with E-state index in [0.717, 1.165) is 22.2 Å². The fourth-order valence-corrected chi connectivity index (χ4v) is 3.01. The topological polar surface area (TPSA) is 58.6 Å². The number of ether oxygens (including phenoxy) is 1. The molecule has 27 heavy (non-hydrogen) atoms. The molecule has 2 rings (SSSR count). The van der Waals surface area contributed by atoms with E-state index in [1.807, 2.05) is 24.3 Å². The highest BCUT2D eigenvalue weighted by Gasteiger charge is 2.19. The number of carbonyl (C=O) groups excluding carboxylic acids is 2. The molecule has 2 amide bonds. The van der Waals surface area contributed by atoms with Crippen molar-refractivity contribution in [2.45, 2.75) is 31.1 Å². The summed E-state index contributed by atoms with van der Waals surface area (Å²) in [5.41, 5.74) is 1.66. The van der Waals surface area contributed by atoms with E-state index in [-0.39, 0.29) is 23.2 Å². The van der Waals surface area contributed by atoms with Crippen LogP contribution >= 0.6 is 11.8 Å². The molecule has 144 valence electrons. The molecule has 0 saturated carbocycles. The average molecular weight is 387 g/mol. The highest BCUT2D eigenvalue weighted by atomic mass is 32.2. The molecule has 5 nitrogen and oxygen atoms in total. The fourth-order valence-electron chi connectivity index (χ4n) is 2.35. The van der Waals surface area contributed by atoms with Crippen LogP contribution in [-0.2, 0) is 10.2 Å². The molecule has 0 aliphatic carbocycles. The number of nitrogens with one attached hydrogen (secondary N) is 1. The Morgan fingerprint density at radius 2 is 1.67 bits per heavy atom. The van der Waals surface area contributed by atoms with Crippen LogP contribution in [0.2, 0.25) is 0 Å². The van der Waals surface area contributed by atoms with Gasteiger partial charge in [0.1, 0.15) is 5.75 Å². The van der Waals surface area contributed by atoms with Crippen molar-refractivity contribution in [3.05, 3.63) is 54.1 Å². The smallest absolute Gasteiger partial charge is 0.285 e. The zero-order chi connectivity index (χ0) is 20.0. The normalized spacial score (nSPS) is 11.0. The molecular formula is C21H26N2O3S. The van der Waals surface area contributed by atoms with Crippen LogP contribution in [0, 0.1) is 0 Å². The molecule has 0 fully saturated rings. The molecule has 0 spiro atoms. The molecule has 0 bridgehead atoms. The number of thioether (sulfide) groups is 1. The van der Waals surface area contributed by atoms with E-state index >= 15 is 0 Å². The van der Waals surface area contributed by atoms with Crippen LogP contribution in [-0.4, -0.2) is 36.7 Å². The van der Waals surface area contributed by atoms with Gasteiger partial charge in [-0.05, 0) is 53.1 Å². The maximum Gasteiger partial charge on any atom is 0.285 e. The van der Waals surface area contributed by atoms with Gasteiger partial charge < -0.3 is 15.0 Å². The van der Waals surface area contributed by atoms with E-state index in [0.29, 0.717) is 11.4 Å². The molecule has 0 aliphatic rings. The first kappa shape index (κ1) is 20.8. The van der Waals surface area contributed by atoms with Gasteiger partial charge in [-0.15, -0.1) is 0 Å². The second kappa shape index (κ2) is 8.95. The summed E-state index contributed by atoms with van der Waals surface area (Å²) < 4.78 is 5.73. The Balaban J connectivity index is 1.92. The minimum Gasteiger partial charge on any atom is -0.483 e. The number of hydrogen-bond donors (Lipinski definition) is 1. The van der Waals surface area contributed by atoms with Crippen LogP contribution in [0.25, 0.3) is 0 Å². The lowest BCUT2D eigenvalue weighted by Gasteiger charge is -2.22. The van der Waals surface area contributed by atoms with Crippen molar-refractivity contribution in [1.29, 1.82) is 0 Å². The van der Waals surface area contributed by atoms with Gasteiger partial charge in [0.2, 0.25) is 0 Å². The van der Waals surface area contributed by atoms with E-state index in [1.165, 1.54) is 4.90 Å². The standard InChI is InChI=1S/C21H26N2O3S/c1-21(2,3)17-8-6-7-9-18(17)26-14-19(24)22-15-10-12-16(13-11-15)27-20(25)23(4)5/h6-13H,14H2,1-5H3,(H,22,24). The number of anilines is 1. The molecule has 6 heteroatoms. The van der Waals surface area contributed by atoms with E-state index in [1.54, 1.807) is 38.4 Å². The van der Waals surface area contributed by atoms with E-state index in [9.17, 15) is 9.59 Å². The second-order valence-corrected chi connectivity index (χ2v) is 8.39. The zero-order valence-corrected chi connectivity index (χ0v) is 17.2. The molecule has 1 N–H and O–H groups in total. The van der Waals surface area contributed by atoms with Crippen molar-refractivity contribution in [2.24, 2.45) is 0 Å². The largest absolute Gasteiger partial charge is 0.483 e. The maximum absolute atomic E-state index is 12.2. The molecule has 0 unspecified atom stereocenters. The number of benzene rings is 2. The van der Waals surface area contributed by atoms with Gasteiger partial charge in [0.05, 0.1) is 0 Å². The quantitative estimate of drug-likeness (QED) is 0.752. The number of para-hydroxylation sites is 1. The Morgan fingerprint density at radius 1 is 1.04 bits per heavy atom. The Hall–Kier alpha value is -2.47. The van der Waals surface area contributed by atoms with E-state index in [4.69, 9.17) is 4.74 Å². The third-order valence-electron chi connectivity index (χ3n) is 3.76. The molecular weight excluding hydrogens is 360 g/mol. The molecule has 2 aromatic rings. The van der Waals surface area contributed by atoms with Gasteiger partial charge in [-0.3, -0.25) is 9.59 Å². The summed E-state index contributed by atoms with van der Waals surface area (Å²) in [4.78, 5) is 26.2. The molecule has 0 aromatic heterocycles. The minimum absolute atomic E-state index is 0.0438. The van der Waals surface area contributed by atoms with Crippen molar-refractivity contribution in [1.82, 2.24) is 4.90 Å². The highest BCUT2D eigenvalue weighted by Crippen LogP contribution is 2.31. The minimum atomic E-state index is -0.233. The number of hydrogen-bond acceptors (Lipinski definition) is 4. The maximum atomic E-state index is 12.2. The molecule has 2 aromatic carbocycles. The summed E-state index contributed by atoms with van der Waals surface area (Å²) in [6, 6.07) is 14.9. The van der Waals surface area contributed by atoms with Crippen LogP contribution in [0.5, 0.6) is 5.75 Å². The lowest BCUT2D eigenvalue weighted by molar-refractivity contribution is -0.118. The second-order valence-electron chi connectivity index (χ2n) is 7.37. The van der Waals surface area contributed by atoms with Crippen LogP contribution in [0.3, 0.4) is 0 Å². The Kier molecular flexibility index (Phi) is 6.91. The summed E-state index contributed by atoms with van der Waals surface area (Å²) in [7, 11) is 3.42. The monoisotopic (exact) mass is 386 g/mol. The SMILES string of the molecule is CN(C)C(=O)Sc1ccc(NC(=O)COc2ccccc2C(C)(C)C)cc1. The number of carbonyl (C=O) groups is 2. The van der Waals surface area contributed by atoms with Gasteiger partial charge in [-0.2, -0.15) is 0 Å². The lowest BCUT2D eigenvalue weighted by atomic mass is 9.86. The van der Waals surface area contributed by atoms with Gasteiger partial charge >= 0.3 is 0 Å². The van der Waals surface area contributed by atoms with Crippen molar-refractivity contribution >= 4 is 28.6 Å². The molecule has 0 heterocycles. The van der Waals surface area contributed by atoms with Gasteiger partial charge in [0.25, 0.3) is 11.1 Å². The first-order chi connectivity index (χ1) is 12.7. The Morgan fingerprint density at radius 3 is 2.26 bits per heavy atom. The Bertz CT molecular complexity index is 796. The summed E-state index contributed by atoms with van der Waals surface area (Å²) in [5.74, 6) is 0.484. The molecule has 0 saturated heterocycles. The molecule has 0 atom stereocenters. The van der Waals surface area contributed by atoms with Crippen molar-refractivity contribution in [2.75, 3.05) is 26.0 Å². The number of nitrogens with zero attached hydrogens (tertiary/aromatic N) is 1. The van der Waals surface area contributed by atoms with E-state index in [2.05, 4.69) is 26.1 Å². The summed E-state index contributed by atoms with van der Waals surface area (Å²) >= 11 is 1.14. The van der Waals surface area contributed by atoms with Crippen LogP contribution in [0.15, 0.2) is 53.4 Å². The van der Waals surface area contributed by atoms with Gasteiger partial charge in [0, 0.05) is 24.7 Å². The van der Waals surface area contributed by atoms with Gasteiger partial charge in [-0.25, -0.2) is 0 Å². The van der Waals surface area contributed by atoms with Crippen LogP contribution < -0.4 is 10.1 Å². The fraction of sp³-hybridized carbons (Fsp3) is 0.333. The summed E-state index contributed by atoms with van der Waals surface area (Å²) in [5, 5.41) is 2.76. The predicted octanol–water partition coefficient (Wildman–Crippen LogP) is 4.78. The van der Waals surface area contributed by atoms with Crippen molar-refractivity contribution in [3.63, 3.8) is 0 Å². The highest BCUT2D eigenvalue weighted by molar-refractivity contribution is 8.13. The van der Waals surface area contributed by atoms with Crippen molar-refractivity contribution in [3.8, 4) is 5.75 Å². The van der Waals surface area contributed by atoms with Gasteiger partial charge in [0.15, 0.2) is 6.61 Å². The van der Waals surface area contributed by atoms with Crippen molar-refractivity contribution < 1.29 is 14.3 Å². The molecule has 0 radical (unpaired) electrons. The third kappa shape index (κ3) is 6.32. The van der Waals surface area contributed by atoms with Crippen LogP contribution in [0.4, 0.5) is 10.5 Å². The van der Waals surface area contributed by atoms with E-state index < -0.39 is 0 Å². The predicted molar refractivity (Wildman–Crippen MR) is 111 cm³/mol. The molecule has 0 aliphatic heterocycles. The number of amides is 2. The van der Waals surface area contributed by atoms with Gasteiger partial charge in [-0.1, -0.05) is 39.0 Å². The average Bonchev–Trinajstić information content (AvgIpc) is 2.61. The lowest BCUT2D eigenvalue weighted by Crippen LogP contribution is -2.22. The first-order valence-electron chi connectivity index (χ1n) is 8.68. The third-order valence-corrected chi connectivity index (χ3v) is 4.81. The Labute approximate surface area is 165 Å².